The van der Waals surface area contributed by atoms with E-state index in [2.05, 4.69) is 0 Å². The first-order valence-corrected chi connectivity index (χ1v) is 7.43. The van der Waals surface area contributed by atoms with Crippen LogP contribution in [0, 0.1) is 0 Å². The van der Waals surface area contributed by atoms with Gasteiger partial charge in [0.25, 0.3) is 0 Å². The lowest BCUT2D eigenvalue weighted by Gasteiger charge is -2.30. The number of hydrogen-bond donors (Lipinski definition) is 1. The number of halogens is 1. The van der Waals surface area contributed by atoms with Crippen LogP contribution in [0.4, 0.5) is 0 Å². The van der Waals surface area contributed by atoms with Crippen molar-refractivity contribution in [2.75, 3.05) is 7.05 Å². The second-order valence-corrected chi connectivity index (χ2v) is 5.56. The summed E-state index contributed by atoms with van der Waals surface area (Å²) in [5.41, 5.74) is 8.24. The van der Waals surface area contributed by atoms with E-state index in [1.807, 2.05) is 60.7 Å². The van der Waals surface area contributed by atoms with Gasteiger partial charge >= 0.3 is 0 Å². The number of rotatable bonds is 2. The standard InChI is InChI=1S/C18H20N2O2.ClH/c1-20-16(21)12-15(13-8-4-2-5-9-13)22-18(19)17(20)14-10-6-3-7-11-14;/h2-11,15,17-18H,12,19H2,1H3;1H. The molecule has 1 heterocycles. The average molecular weight is 333 g/mol. The fourth-order valence-corrected chi connectivity index (χ4v) is 2.92. The molecule has 2 N–H and O–H groups in total. The van der Waals surface area contributed by atoms with Gasteiger partial charge in [0, 0.05) is 7.05 Å². The Balaban J connectivity index is 0.00000192. The number of nitrogens with zero attached hydrogens (tertiary/aromatic N) is 1. The highest BCUT2D eigenvalue weighted by Gasteiger charge is 2.35. The van der Waals surface area contributed by atoms with E-state index in [0.717, 1.165) is 11.1 Å². The highest BCUT2D eigenvalue weighted by atomic mass is 35.5. The second kappa shape index (κ2) is 7.59. The number of hydrogen-bond acceptors (Lipinski definition) is 3. The largest absolute Gasteiger partial charge is 0.353 e. The zero-order valence-corrected chi connectivity index (χ0v) is 13.8. The Bertz CT molecular complexity index is 636. The molecule has 1 aliphatic rings. The molecule has 2 aromatic carbocycles. The Morgan fingerprint density at radius 3 is 2.09 bits per heavy atom. The summed E-state index contributed by atoms with van der Waals surface area (Å²) in [6, 6.07) is 19.3. The van der Waals surface area contributed by atoms with Crippen LogP contribution in [-0.4, -0.2) is 24.1 Å². The number of ether oxygens (including phenoxy) is 1. The summed E-state index contributed by atoms with van der Waals surface area (Å²) in [5, 5.41) is 0. The van der Waals surface area contributed by atoms with Crippen LogP contribution in [0.15, 0.2) is 60.7 Å². The summed E-state index contributed by atoms with van der Waals surface area (Å²) < 4.78 is 6.02. The normalized spacial score (nSPS) is 24.7. The number of nitrogens with two attached hydrogens (primary N) is 1. The number of likely N-dealkylation sites (N-methyl/N-ethyl adjacent to an activating group) is 1. The van der Waals surface area contributed by atoms with Crippen LogP contribution in [0.2, 0.25) is 0 Å². The molecule has 2 aromatic rings. The Hall–Kier alpha value is -1.88. The van der Waals surface area contributed by atoms with Gasteiger partial charge < -0.3 is 15.4 Å². The van der Waals surface area contributed by atoms with Crippen molar-refractivity contribution in [2.24, 2.45) is 5.73 Å². The third kappa shape index (κ3) is 3.72. The fourth-order valence-electron chi connectivity index (χ4n) is 2.92. The molecule has 1 amide bonds. The monoisotopic (exact) mass is 332 g/mol. The highest BCUT2D eigenvalue weighted by molar-refractivity contribution is 5.85. The molecule has 23 heavy (non-hydrogen) atoms. The molecule has 3 atom stereocenters. The van der Waals surface area contributed by atoms with Crippen molar-refractivity contribution in [3.63, 3.8) is 0 Å². The van der Waals surface area contributed by atoms with Gasteiger partial charge in [-0.05, 0) is 11.1 Å². The molecule has 1 fully saturated rings. The maximum Gasteiger partial charge on any atom is 0.225 e. The van der Waals surface area contributed by atoms with Gasteiger partial charge in [0.15, 0.2) is 0 Å². The van der Waals surface area contributed by atoms with Crippen LogP contribution in [0.1, 0.15) is 29.7 Å². The molecule has 0 bridgehead atoms. The number of carbonyl (C=O) groups excluding carboxylic acids is 1. The summed E-state index contributed by atoms with van der Waals surface area (Å²) >= 11 is 0. The molecule has 1 aliphatic heterocycles. The first kappa shape index (κ1) is 17.5. The molecule has 0 spiro atoms. The van der Waals surface area contributed by atoms with Crippen molar-refractivity contribution in [1.82, 2.24) is 4.90 Å². The van der Waals surface area contributed by atoms with E-state index in [0.29, 0.717) is 6.42 Å². The molecular weight excluding hydrogens is 312 g/mol. The maximum atomic E-state index is 12.5. The van der Waals surface area contributed by atoms with Crippen LogP contribution in [0.3, 0.4) is 0 Å². The molecule has 3 rings (SSSR count). The molecule has 0 saturated carbocycles. The van der Waals surface area contributed by atoms with Gasteiger partial charge in [0.2, 0.25) is 5.91 Å². The average Bonchev–Trinajstić information content (AvgIpc) is 2.66. The van der Waals surface area contributed by atoms with E-state index in [-0.39, 0.29) is 30.5 Å². The van der Waals surface area contributed by atoms with E-state index in [4.69, 9.17) is 10.5 Å². The number of carbonyl (C=O) groups is 1. The van der Waals surface area contributed by atoms with Gasteiger partial charge in [0.1, 0.15) is 6.23 Å². The first-order chi connectivity index (χ1) is 10.7. The van der Waals surface area contributed by atoms with E-state index in [9.17, 15) is 4.79 Å². The van der Waals surface area contributed by atoms with Gasteiger partial charge in [-0.2, -0.15) is 0 Å². The minimum absolute atomic E-state index is 0. The topological polar surface area (TPSA) is 55.6 Å². The summed E-state index contributed by atoms with van der Waals surface area (Å²) in [6.45, 7) is 0. The maximum absolute atomic E-state index is 12.5. The quantitative estimate of drug-likeness (QED) is 0.919. The Morgan fingerprint density at radius 1 is 1.00 bits per heavy atom. The first-order valence-electron chi connectivity index (χ1n) is 7.43. The predicted octanol–water partition coefficient (Wildman–Crippen LogP) is 3.05. The van der Waals surface area contributed by atoms with Gasteiger partial charge in [-0.15, -0.1) is 12.4 Å². The summed E-state index contributed by atoms with van der Waals surface area (Å²) in [5.74, 6) is 0.0376. The molecule has 4 nitrogen and oxygen atoms in total. The zero-order valence-electron chi connectivity index (χ0n) is 13.0. The summed E-state index contributed by atoms with van der Waals surface area (Å²) in [6.07, 6.45) is -0.568. The third-order valence-corrected chi connectivity index (χ3v) is 4.12. The van der Waals surface area contributed by atoms with E-state index in [1.54, 1.807) is 11.9 Å². The fraction of sp³-hybridized carbons (Fsp3) is 0.278. The van der Waals surface area contributed by atoms with Crippen molar-refractivity contribution < 1.29 is 9.53 Å². The van der Waals surface area contributed by atoms with Crippen molar-refractivity contribution >= 4 is 18.3 Å². The highest BCUT2D eigenvalue weighted by Crippen LogP contribution is 2.33. The van der Waals surface area contributed by atoms with E-state index < -0.39 is 6.23 Å². The molecule has 5 heteroatoms. The van der Waals surface area contributed by atoms with Gasteiger partial charge in [-0.25, -0.2) is 0 Å². The Labute approximate surface area is 142 Å². The van der Waals surface area contributed by atoms with E-state index in [1.165, 1.54) is 0 Å². The minimum atomic E-state index is -0.566. The van der Waals surface area contributed by atoms with Gasteiger partial charge in [-0.1, -0.05) is 60.7 Å². The van der Waals surface area contributed by atoms with Crippen molar-refractivity contribution in [2.45, 2.75) is 24.8 Å². The molecule has 1 saturated heterocycles. The minimum Gasteiger partial charge on any atom is -0.353 e. The molecule has 3 unspecified atom stereocenters. The third-order valence-electron chi connectivity index (χ3n) is 4.12. The van der Waals surface area contributed by atoms with Crippen LogP contribution in [-0.2, 0) is 9.53 Å². The van der Waals surface area contributed by atoms with Gasteiger partial charge in [0.05, 0.1) is 18.6 Å². The van der Waals surface area contributed by atoms with Crippen LogP contribution in [0.5, 0.6) is 0 Å². The Morgan fingerprint density at radius 2 is 1.52 bits per heavy atom. The molecule has 0 aromatic heterocycles. The molecule has 0 radical (unpaired) electrons. The Kier molecular flexibility index (Phi) is 5.77. The predicted molar refractivity (Wildman–Crippen MR) is 92.1 cm³/mol. The molecular formula is C18H21ClN2O2. The van der Waals surface area contributed by atoms with Crippen molar-refractivity contribution in [1.29, 1.82) is 0 Å². The van der Waals surface area contributed by atoms with Crippen LogP contribution < -0.4 is 5.73 Å². The van der Waals surface area contributed by atoms with Crippen LogP contribution in [0.25, 0.3) is 0 Å². The van der Waals surface area contributed by atoms with Gasteiger partial charge in [-0.3, -0.25) is 4.79 Å². The van der Waals surface area contributed by atoms with E-state index >= 15 is 0 Å². The number of benzene rings is 2. The van der Waals surface area contributed by atoms with Crippen molar-refractivity contribution in [3.8, 4) is 0 Å². The lowest BCUT2D eigenvalue weighted by molar-refractivity contribution is -0.131. The summed E-state index contributed by atoms with van der Waals surface area (Å²) in [7, 11) is 1.79. The smallest absolute Gasteiger partial charge is 0.225 e. The number of amides is 1. The zero-order chi connectivity index (χ0) is 15.5. The van der Waals surface area contributed by atoms with Crippen molar-refractivity contribution in [3.05, 3.63) is 71.8 Å². The van der Waals surface area contributed by atoms with Crippen LogP contribution >= 0.6 is 12.4 Å². The second-order valence-electron chi connectivity index (χ2n) is 5.56. The summed E-state index contributed by atoms with van der Waals surface area (Å²) in [4.78, 5) is 14.2. The SMILES string of the molecule is CN1C(=O)CC(c2ccccc2)OC(N)C1c1ccccc1.Cl. The molecule has 0 aliphatic carbocycles. The lowest BCUT2D eigenvalue weighted by atomic mass is 10.0. The molecule has 122 valence electrons. The lowest BCUT2D eigenvalue weighted by Crippen LogP contribution is -2.40.